The molecule has 2 amide bonds. The maximum atomic E-state index is 13.2. The number of hydrogen-bond acceptors (Lipinski definition) is 6. The fraction of sp³-hybridized carbons (Fsp3) is 0.571. The predicted octanol–water partition coefficient (Wildman–Crippen LogP) is 2.81. The van der Waals surface area contributed by atoms with Crippen LogP contribution in [0.4, 0.5) is 5.82 Å². The Morgan fingerprint density at radius 1 is 1.30 bits per heavy atom. The molecule has 1 atom stereocenters. The minimum absolute atomic E-state index is 0.0235. The van der Waals surface area contributed by atoms with Crippen molar-refractivity contribution in [1.82, 2.24) is 14.7 Å². The number of thiophene rings is 1. The SMILES string of the molecule is Cn1nc(C(C)(C)C)c2c1N(CC(=O)N1CCOCC1)C(=O)CSC2c1cccs1. The molecule has 9 heteroatoms. The first-order valence-corrected chi connectivity index (χ1v) is 12.1. The van der Waals surface area contributed by atoms with E-state index in [4.69, 9.17) is 9.84 Å². The second-order valence-electron chi connectivity index (χ2n) is 8.64. The number of aryl methyl sites for hydroxylation is 1. The van der Waals surface area contributed by atoms with Crippen molar-refractivity contribution in [3.8, 4) is 0 Å². The molecule has 2 aromatic rings. The van der Waals surface area contributed by atoms with Gasteiger partial charge in [-0.15, -0.1) is 23.1 Å². The fourth-order valence-electron chi connectivity index (χ4n) is 3.96. The van der Waals surface area contributed by atoms with Crippen LogP contribution in [-0.2, 0) is 26.8 Å². The lowest BCUT2D eigenvalue weighted by Gasteiger charge is -2.30. The summed E-state index contributed by atoms with van der Waals surface area (Å²) in [6.07, 6.45) is 0. The molecular weight excluding hydrogens is 420 g/mol. The van der Waals surface area contributed by atoms with E-state index in [-0.39, 0.29) is 29.0 Å². The Morgan fingerprint density at radius 3 is 2.67 bits per heavy atom. The first-order chi connectivity index (χ1) is 14.3. The predicted molar refractivity (Wildman–Crippen MR) is 120 cm³/mol. The maximum Gasteiger partial charge on any atom is 0.242 e. The number of carbonyl (C=O) groups is 2. The number of aromatic nitrogens is 2. The van der Waals surface area contributed by atoms with Gasteiger partial charge in [0.1, 0.15) is 12.4 Å². The van der Waals surface area contributed by atoms with Gasteiger partial charge in [0.2, 0.25) is 11.8 Å². The zero-order valence-electron chi connectivity index (χ0n) is 17.9. The maximum absolute atomic E-state index is 13.2. The Kier molecular flexibility index (Phi) is 5.96. The highest BCUT2D eigenvalue weighted by Gasteiger charge is 2.39. The summed E-state index contributed by atoms with van der Waals surface area (Å²) in [7, 11) is 1.87. The highest BCUT2D eigenvalue weighted by atomic mass is 32.2. The van der Waals surface area contributed by atoms with Crippen LogP contribution in [0.5, 0.6) is 0 Å². The lowest BCUT2D eigenvalue weighted by molar-refractivity contribution is -0.134. The lowest BCUT2D eigenvalue weighted by atomic mass is 9.88. The summed E-state index contributed by atoms with van der Waals surface area (Å²) in [6, 6.07) is 4.16. The van der Waals surface area contributed by atoms with Gasteiger partial charge in [0.15, 0.2) is 0 Å². The largest absolute Gasteiger partial charge is 0.378 e. The molecule has 4 heterocycles. The van der Waals surface area contributed by atoms with E-state index in [1.165, 1.54) is 4.88 Å². The van der Waals surface area contributed by atoms with Crippen LogP contribution in [0.2, 0.25) is 0 Å². The molecule has 1 saturated heterocycles. The van der Waals surface area contributed by atoms with Crippen molar-refractivity contribution in [3.63, 3.8) is 0 Å². The van der Waals surface area contributed by atoms with E-state index >= 15 is 0 Å². The van der Waals surface area contributed by atoms with Crippen LogP contribution < -0.4 is 4.90 Å². The Hall–Kier alpha value is -1.84. The third kappa shape index (κ3) is 4.02. The molecule has 0 radical (unpaired) electrons. The summed E-state index contributed by atoms with van der Waals surface area (Å²) in [5, 5.41) is 6.93. The summed E-state index contributed by atoms with van der Waals surface area (Å²) in [5.74, 6) is 0.980. The van der Waals surface area contributed by atoms with Gasteiger partial charge in [-0.05, 0) is 11.4 Å². The van der Waals surface area contributed by atoms with Crippen molar-refractivity contribution in [2.75, 3.05) is 43.5 Å². The molecule has 4 rings (SSSR count). The number of morpholine rings is 1. The van der Waals surface area contributed by atoms with Gasteiger partial charge in [-0.2, -0.15) is 5.10 Å². The third-order valence-electron chi connectivity index (χ3n) is 5.41. The number of carbonyl (C=O) groups excluding carboxylic acids is 2. The summed E-state index contributed by atoms with van der Waals surface area (Å²) in [5.41, 5.74) is 1.84. The number of nitrogens with zero attached hydrogens (tertiary/aromatic N) is 4. The molecule has 1 unspecified atom stereocenters. The molecule has 1 fully saturated rings. The average Bonchev–Trinajstić information content (AvgIpc) is 3.32. The summed E-state index contributed by atoms with van der Waals surface area (Å²) in [4.78, 5) is 30.8. The van der Waals surface area contributed by atoms with E-state index < -0.39 is 0 Å². The van der Waals surface area contributed by atoms with Crippen molar-refractivity contribution in [2.45, 2.75) is 31.4 Å². The number of anilines is 1. The Labute approximate surface area is 185 Å². The molecule has 0 aromatic carbocycles. The normalized spacial score (nSPS) is 20.3. The number of rotatable bonds is 3. The number of ether oxygens (including phenoxy) is 1. The van der Waals surface area contributed by atoms with Gasteiger partial charge >= 0.3 is 0 Å². The van der Waals surface area contributed by atoms with Crippen LogP contribution >= 0.6 is 23.1 Å². The lowest BCUT2D eigenvalue weighted by Crippen LogP contribution is -2.48. The van der Waals surface area contributed by atoms with Crippen LogP contribution in [0.25, 0.3) is 0 Å². The number of amides is 2. The fourth-order valence-corrected chi connectivity index (χ4v) is 6.13. The highest BCUT2D eigenvalue weighted by molar-refractivity contribution is 8.00. The average molecular weight is 449 g/mol. The van der Waals surface area contributed by atoms with E-state index in [2.05, 4.69) is 32.2 Å². The van der Waals surface area contributed by atoms with E-state index in [0.717, 1.165) is 17.1 Å². The molecular formula is C21H28N4O3S2. The third-order valence-corrected chi connectivity index (χ3v) is 7.74. The smallest absolute Gasteiger partial charge is 0.242 e. The summed E-state index contributed by atoms with van der Waals surface area (Å²) >= 11 is 3.32. The summed E-state index contributed by atoms with van der Waals surface area (Å²) < 4.78 is 7.15. The molecule has 2 aliphatic rings. The molecule has 0 spiro atoms. The van der Waals surface area contributed by atoms with Gasteiger partial charge < -0.3 is 9.64 Å². The second-order valence-corrected chi connectivity index (χ2v) is 10.7. The number of fused-ring (bicyclic) bond motifs is 1. The van der Waals surface area contributed by atoms with Crippen LogP contribution in [0, 0.1) is 0 Å². The Bertz CT molecular complexity index is 927. The molecule has 0 saturated carbocycles. The van der Waals surface area contributed by atoms with Gasteiger partial charge in [-0.25, -0.2) is 0 Å². The van der Waals surface area contributed by atoms with Crippen LogP contribution in [-0.4, -0.2) is 65.1 Å². The zero-order chi connectivity index (χ0) is 21.5. The Morgan fingerprint density at radius 2 is 2.03 bits per heavy atom. The van der Waals surface area contributed by atoms with Crippen molar-refractivity contribution in [2.24, 2.45) is 7.05 Å². The number of hydrogen-bond donors (Lipinski definition) is 0. The first kappa shape index (κ1) is 21.4. The molecule has 0 bridgehead atoms. The van der Waals surface area contributed by atoms with Gasteiger partial charge in [-0.3, -0.25) is 19.2 Å². The number of thioether (sulfide) groups is 1. The van der Waals surface area contributed by atoms with Crippen molar-refractivity contribution in [1.29, 1.82) is 0 Å². The summed E-state index contributed by atoms with van der Waals surface area (Å²) in [6.45, 7) is 8.68. The minimum atomic E-state index is -0.186. The van der Waals surface area contributed by atoms with Crippen molar-refractivity contribution >= 4 is 40.7 Å². The van der Waals surface area contributed by atoms with E-state index in [1.54, 1.807) is 37.6 Å². The van der Waals surface area contributed by atoms with Gasteiger partial charge in [0.05, 0.1) is 29.9 Å². The molecule has 7 nitrogen and oxygen atoms in total. The molecule has 0 N–H and O–H groups in total. The van der Waals surface area contributed by atoms with E-state index in [1.807, 2.05) is 13.1 Å². The monoisotopic (exact) mass is 448 g/mol. The molecule has 30 heavy (non-hydrogen) atoms. The quantitative estimate of drug-likeness (QED) is 0.722. The molecule has 2 aliphatic heterocycles. The Balaban J connectivity index is 1.78. The van der Waals surface area contributed by atoms with Crippen LogP contribution in [0.15, 0.2) is 17.5 Å². The van der Waals surface area contributed by atoms with E-state index in [0.29, 0.717) is 32.1 Å². The van der Waals surface area contributed by atoms with Gasteiger partial charge in [-0.1, -0.05) is 26.8 Å². The van der Waals surface area contributed by atoms with Crippen LogP contribution in [0.1, 0.15) is 42.2 Å². The zero-order valence-corrected chi connectivity index (χ0v) is 19.5. The molecule has 162 valence electrons. The highest BCUT2D eigenvalue weighted by Crippen LogP contribution is 2.48. The topological polar surface area (TPSA) is 67.7 Å². The van der Waals surface area contributed by atoms with Crippen LogP contribution in [0.3, 0.4) is 0 Å². The minimum Gasteiger partial charge on any atom is -0.378 e. The first-order valence-electron chi connectivity index (χ1n) is 10.2. The molecule has 2 aromatic heterocycles. The van der Waals surface area contributed by atoms with E-state index in [9.17, 15) is 9.59 Å². The standard InChI is InChI=1S/C21H28N4O3S2/c1-21(2,3)19-17-18(14-6-5-11-29-14)30-13-16(27)25(20(17)23(4)22-19)12-15(26)24-7-9-28-10-8-24/h5-6,11,18H,7-10,12-13H2,1-4H3. The van der Waals surface area contributed by atoms with Gasteiger partial charge in [0, 0.05) is 36.0 Å². The second kappa shape index (κ2) is 8.36. The van der Waals surface area contributed by atoms with Crippen molar-refractivity contribution in [3.05, 3.63) is 33.6 Å². The van der Waals surface area contributed by atoms with Gasteiger partial charge in [0.25, 0.3) is 0 Å². The van der Waals surface area contributed by atoms with Crippen molar-refractivity contribution < 1.29 is 14.3 Å². The molecule has 0 aliphatic carbocycles.